The lowest BCUT2D eigenvalue weighted by atomic mass is 10.2. The molecule has 3 rings (SSSR count). The lowest BCUT2D eigenvalue weighted by Crippen LogP contribution is -2.40. The molecule has 2 saturated heterocycles. The number of esters is 1. The van der Waals surface area contributed by atoms with Crippen LogP contribution >= 0.6 is 0 Å². The number of hydrogen-bond donors (Lipinski definition) is 3. The topological polar surface area (TPSA) is 149 Å². The second kappa shape index (κ2) is 8.67. The Morgan fingerprint density at radius 2 is 2.21 bits per heavy atom. The van der Waals surface area contributed by atoms with Crippen LogP contribution in [0.25, 0.3) is 0 Å². The highest BCUT2D eigenvalue weighted by atomic mass is 16.6. The fourth-order valence-corrected chi connectivity index (χ4v) is 3.34. The standard InChI is InChI=1S/C17H23N3O8/c1-9(22)27-12-5-14(28-13(12)8-21)20-7-11(16(24)19-17(20)25)15(23)18-6-10-3-2-4-26-10/h7,10,12-14,21H,2-6,8H2,1H3,(H,18,23)(H,19,24,25)/t10-,12+,13+,14+/m0/s1. The number of rotatable bonds is 6. The maximum Gasteiger partial charge on any atom is 0.330 e. The first-order chi connectivity index (χ1) is 13.4. The monoisotopic (exact) mass is 397 g/mol. The molecular formula is C17H23N3O8. The van der Waals surface area contributed by atoms with Gasteiger partial charge < -0.3 is 24.6 Å². The molecule has 154 valence electrons. The van der Waals surface area contributed by atoms with Gasteiger partial charge >= 0.3 is 11.7 Å². The number of aromatic nitrogens is 2. The molecule has 0 aromatic carbocycles. The molecule has 2 aliphatic heterocycles. The summed E-state index contributed by atoms with van der Waals surface area (Å²) in [5.41, 5.74) is -1.84. The van der Waals surface area contributed by atoms with E-state index in [-0.39, 0.29) is 24.6 Å². The molecule has 3 heterocycles. The Hall–Kier alpha value is -2.50. The van der Waals surface area contributed by atoms with Gasteiger partial charge in [-0.25, -0.2) is 4.79 Å². The van der Waals surface area contributed by atoms with E-state index in [0.717, 1.165) is 23.6 Å². The van der Waals surface area contributed by atoms with Crippen LogP contribution in [0.4, 0.5) is 0 Å². The van der Waals surface area contributed by atoms with Gasteiger partial charge in [0.05, 0.1) is 12.7 Å². The minimum Gasteiger partial charge on any atom is -0.460 e. The Bertz CT molecular complexity index is 842. The molecule has 0 bridgehead atoms. The van der Waals surface area contributed by atoms with E-state index in [1.54, 1.807) is 0 Å². The van der Waals surface area contributed by atoms with Crippen molar-refractivity contribution in [3.63, 3.8) is 0 Å². The molecule has 11 nitrogen and oxygen atoms in total. The van der Waals surface area contributed by atoms with Gasteiger partial charge in [-0.2, -0.15) is 0 Å². The van der Waals surface area contributed by atoms with Gasteiger partial charge in [0.25, 0.3) is 11.5 Å². The van der Waals surface area contributed by atoms with Crippen LogP contribution < -0.4 is 16.6 Å². The fraction of sp³-hybridized carbons (Fsp3) is 0.647. The van der Waals surface area contributed by atoms with Gasteiger partial charge in [-0.05, 0) is 12.8 Å². The zero-order valence-corrected chi connectivity index (χ0v) is 15.4. The molecule has 0 unspecified atom stereocenters. The van der Waals surface area contributed by atoms with E-state index in [2.05, 4.69) is 10.3 Å². The number of H-pyrrole nitrogens is 1. The van der Waals surface area contributed by atoms with Gasteiger partial charge in [-0.1, -0.05) is 0 Å². The lowest BCUT2D eigenvalue weighted by Gasteiger charge is -2.16. The average Bonchev–Trinajstić information content (AvgIpc) is 3.29. The number of nitrogens with zero attached hydrogens (tertiary/aromatic N) is 1. The van der Waals surface area contributed by atoms with Gasteiger partial charge in [-0.3, -0.25) is 23.9 Å². The molecule has 11 heteroatoms. The Balaban J connectivity index is 1.77. The maximum absolute atomic E-state index is 12.4. The number of carbonyl (C=O) groups excluding carboxylic acids is 2. The van der Waals surface area contributed by atoms with Gasteiger partial charge in [0, 0.05) is 32.7 Å². The van der Waals surface area contributed by atoms with Crippen molar-refractivity contribution >= 4 is 11.9 Å². The van der Waals surface area contributed by atoms with Crippen LogP contribution in [0.2, 0.25) is 0 Å². The van der Waals surface area contributed by atoms with Crippen LogP contribution in [-0.2, 0) is 19.0 Å². The maximum atomic E-state index is 12.4. The molecule has 4 atom stereocenters. The summed E-state index contributed by atoms with van der Waals surface area (Å²) in [7, 11) is 0. The van der Waals surface area contributed by atoms with E-state index in [1.807, 2.05) is 0 Å². The Morgan fingerprint density at radius 1 is 1.43 bits per heavy atom. The Labute approximate surface area is 159 Å². The summed E-state index contributed by atoms with van der Waals surface area (Å²) in [5.74, 6) is -1.19. The minimum absolute atomic E-state index is 0.0910. The van der Waals surface area contributed by atoms with Gasteiger partial charge in [-0.15, -0.1) is 0 Å². The molecule has 0 radical (unpaired) electrons. The molecule has 1 aromatic heterocycles. The van der Waals surface area contributed by atoms with Crippen LogP contribution in [-0.4, -0.2) is 64.6 Å². The number of aliphatic hydroxyl groups is 1. The number of hydrogen-bond acceptors (Lipinski definition) is 8. The highest BCUT2D eigenvalue weighted by molar-refractivity contribution is 5.93. The van der Waals surface area contributed by atoms with Gasteiger partial charge in [0.15, 0.2) is 0 Å². The second-order valence-corrected chi connectivity index (χ2v) is 6.75. The SMILES string of the molecule is CC(=O)O[C@@H]1C[C@H](n2cc(C(=O)NC[C@@H]3CCCO3)c(=O)[nH]c2=O)O[C@@H]1CO. The first kappa shape index (κ1) is 20.2. The number of carbonyl (C=O) groups is 2. The van der Waals surface area contributed by atoms with Crippen LogP contribution in [0, 0.1) is 0 Å². The molecule has 3 N–H and O–H groups in total. The number of nitrogens with one attached hydrogen (secondary N) is 2. The van der Waals surface area contributed by atoms with Crippen LogP contribution in [0.5, 0.6) is 0 Å². The van der Waals surface area contributed by atoms with Gasteiger partial charge in [0.2, 0.25) is 0 Å². The van der Waals surface area contributed by atoms with Crippen LogP contribution in [0.3, 0.4) is 0 Å². The summed E-state index contributed by atoms with van der Waals surface area (Å²) in [4.78, 5) is 49.9. The summed E-state index contributed by atoms with van der Waals surface area (Å²) in [6, 6.07) is 0. The van der Waals surface area contributed by atoms with Crippen LogP contribution in [0.15, 0.2) is 15.8 Å². The lowest BCUT2D eigenvalue weighted by molar-refractivity contribution is -0.150. The predicted molar refractivity (Wildman–Crippen MR) is 93.8 cm³/mol. The fourth-order valence-electron chi connectivity index (χ4n) is 3.34. The number of amides is 1. The summed E-state index contributed by atoms with van der Waals surface area (Å²) in [5, 5.41) is 12.0. The van der Waals surface area contributed by atoms with E-state index in [9.17, 15) is 24.3 Å². The summed E-state index contributed by atoms with van der Waals surface area (Å²) >= 11 is 0. The van der Waals surface area contributed by atoms with Crippen molar-refractivity contribution in [3.8, 4) is 0 Å². The third kappa shape index (κ3) is 4.49. The number of aliphatic hydroxyl groups excluding tert-OH is 1. The first-order valence-corrected chi connectivity index (χ1v) is 9.08. The predicted octanol–water partition coefficient (Wildman–Crippen LogP) is -1.34. The van der Waals surface area contributed by atoms with Crippen molar-refractivity contribution in [1.29, 1.82) is 0 Å². The van der Waals surface area contributed by atoms with Crippen molar-refractivity contribution in [3.05, 3.63) is 32.6 Å². The average molecular weight is 397 g/mol. The van der Waals surface area contributed by atoms with Crippen molar-refractivity contribution in [1.82, 2.24) is 14.9 Å². The highest BCUT2D eigenvalue weighted by Crippen LogP contribution is 2.29. The van der Waals surface area contributed by atoms with E-state index in [0.29, 0.717) is 6.61 Å². The summed E-state index contributed by atoms with van der Waals surface area (Å²) in [6.45, 7) is 1.71. The number of ether oxygens (including phenoxy) is 3. The minimum atomic E-state index is -0.907. The third-order valence-electron chi connectivity index (χ3n) is 4.71. The molecule has 0 spiro atoms. The number of aromatic amines is 1. The molecule has 0 saturated carbocycles. The smallest absolute Gasteiger partial charge is 0.330 e. The Kier molecular flexibility index (Phi) is 6.27. The molecule has 1 aromatic rings. The van der Waals surface area contributed by atoms with E-state index in [4.69, 9.17) is 14.2 Å². The highest BCUT2D eigenvalue weighted by Gasteiger charge is 2.38. The summed E-state index contributed by atoms with van der Waals surface area (Å²) in [6.07, 6.45) is 0.381. The summed E-state index contributed by atoms with van der Waals surface area (Å²) < 4.78 is 17.1. The largest absolute Gasteiger partial charge is 0.460 e. The van der Waals surface area contributed by atoms with Crippen molar-refractivity contribution in [2.75, 3.05) is 19.8 Å². The third-order valence-corrected chi connectivity index (χ3v) is 4.71. The normalized spacial score (nSPS) is 26.9. The molecule has 0 aliphatic carbocycles. The first-order valence-electron chi connectivity index (χ1n) is 9.08. The zero-order valence-electron chi connectivity index (χ0n) is 15.4. The Morgan fingerprint density at radius 3 is 2.86 bits per heavy atom. The second-order valence-electron chi connectivity index (χ2n) is 6.75. The molecule has 2 aliphatic rings. The molecule has 2 fully saturated rings. The van der Waals surface area contributed by atoms with Gasteiger partial charge in [0.1, 0.15) is 24.0 Å². The van der Waals surface area contributed by atoms with Crippen molar-refractivity contribution < 1.29 is 28.9 Å². The molecular weight excluding hydrogens is 374 g/mol. The van der Waals surface area contributed by atoms with E-state index >= 15 is 0 Å². The zero-order chi connectivity index (χ0) is 20.3. The van der Waals surface area contributed by atoms with Crippen molar-refractivity contribution in [2.45, 2.75) is 50.7 Å². The quantitative estimate of drug-likeness (QED) is 0.499. The molecule has 28 heavy (non-hydrogen) atoms. The van der Waals surface area contributed by atoms with Crippen LogP contribution in [0.1, 0.15) is 42.8 Å². The van der Waals surface area contributed by atoms with E-state index in [1.165, 1.54) is 6.92 Å². The van der Waals surface area contributed by atoms with Crippen molar-refractivity contribution in [2.24, 2.45) is 0 Å². The van der Waals surface area contributed by atoms with E-state index < -0.39 is 48.2 Å². The molecule has 1 amide bonds.